The van der Waals surface area contributed by atoms with Gasteiger partial charge in [-0.3, -0.25) is 0 Å². The lowest BCUT2D eigenvalue weighted by Crippen LogP contribution is -2.12. The number of nitrogen functional groups attached to an aromatic ring is 1. The second kappa shape index (κ2) is 7.41. The third-order valence-electron chi connectivity index (χ3n) is 5.86. The van der Waals surface area contributed by atoms with Crippen molar-refractivity contribution in [2.45, 2.75) is 19.0 Å². The zero-order chi connectivity index (χ0) is 22.5. The number of pyridine rings is 1. The number of aromatic hydroxyl groups is 1. The predicted octanol–water partition coefficient (Wildman–Crippen LogP) is 6.49. The summed E-state index contributed by atoms with van der Waals surface area (Å²) in [5, 5.41) is 10.4. The van der Waals surface area contributed by atoms with E-state index in [1.165, 1.54) is 18.2 Å². The molecule has 0 radical (unpaired) electrons. The molecule has 0 aliphatic heterocycles. The van der Waals surface area contributed by atoms with Crippen molar-refractivity contribution in [3.8, 4) is 39.4 Å². The molecule has 0 fully saturated rings. The standard InChI is InChI=1S/C26H19F3N2O/c27-26(28,29)22-7-3-1-5-18(22)21-14-23(20-6-2-4-8-24(20)32)31-25-17-12-10-16(30)13-15(17)9-11-19(21)25/h1-8,10,12-14,32H,9,11,30H2. The lowest BCUT2D eigenvalue weighted by Gasteiger charge is -2.25. The lowest BCUT2D eigenvalue weighted by atomic mass is 9.83. The molecule has 3 N–H and O–H groups in total. The number of fused-ring (bicyclic) bond motifs is 3. The van der Waals surface area contributed by atoms with E-state index in [0.29, 0.717) is 41.0 Å². The topological polar surface area (TPSA) is 59.1 Å². The van der Waals surface area contributed by atoms with Gasteiger partial charge in [0.25, 0.3) is 0 Å². The Balaban J connectivity index is 1.85. The summed E-state index contributed by atoms with van der Waals surface area (Å²) < 4.78 is 41.6. The highest BCUT2D eigenvalue weighted by Gasteiger charge is 2.34. The van der Waals surface area contributed by atoms with Crippen LogP contribution >= 0.6 is 0 Å². The molecule has 4 aromatic rings. The van der Waals surface area contributed by atoms with Gasteiger partial charge in [-0.2, -0.15) is 13.2 Å². The average molecular weight is 432 g/mol. The number of para-hydroxylation sites is 1. The summed E-state index contributed by atoms with van der Waals surface area (Å²) in [4.78, 5) is 4.81. The van der Waals surface area contributed by atoms with Crippen LogP contribution in [0.5, 0.6) is 5.75 Å². The molecule has 3 nitrogen and oxygen atoms in total. The maximum absolute atomic E-state index is 13.9. The van der Waals surface area contributed by atoms with Crippen LogP contribution in [0.4, 0.5) is 18.9 Å². The normalized spacial score (nSPS) is 12.8. The second-order valence-electron chi connectivity index (χ2n) is 7.86. The molecule has 0 amide bonds. The maximum atomic E-state index is 13.9. The lowest BCUT2D eigenvalue weighted by molar-refractivity contribution is -0.137. The van der Waals surface area contributed by atoms with Gasteiger partial charge < -0.3 is 10.8 Å². The predicted molar refractivity (Wildman–Crippen MR) is 119 cm³/mol. The van der Waals surface area contributed by atoms with Gasteiger partial charge in [0.05, 0.1) is 17.0 Å². The van der Waals surface area contributed by atoms with E-state index in [2.05, 4.69) is 0 Å². The molecule has 5 rings (SSSR count). The van der Waals surface area contributed by atoms with Crippen LogP contribution < -0.4 is 5.73 Å². The Kier molecular flexibility index (Phi) is 4.66. The Morgan fingerprint density at radius 2 is 1.50 bits per heavy atom. The van der Waals surface area contributed by atoms with Gasteiger partial charge in [0.1, 0.15) is 5.75 Å². The molecule has 0 spiro atoms. The first-order valence-corrected chi connectivity index (χ1v) is 10.2. The first-order valence-electron chi connectivity index (χ1n) is 10.2. The van der Waals surface area contributed by atoms with Gasteiger partial charge in [-0.1, -0.05) is 36.4 Å². The van der Waals surface area contributed by atoms with Gasteiger partial charge in [0, 0.05) is 16.8 Å². The number of anilines is 1. The van der Waals surface area contributed by atoms with Crippen LogP contribution in [0.2, 0.25) is 0 Å². The second-order valence-corrected chi connectivity index (χ2v) is 7.86. The van der Waals surface area contributed by atoms with E-state index in [4.69, 9.17) is 10.7 Å². The molecule has 0 atom stereocenters. The Morgan fingerprint density at radius 3 is 2.25 bits per heavy atom. The minimum atomic E-state index is -4.50. The summed E-state index contributed by atoms with van der Waals surface area (Å²) in [7, 11) is 0. The van der Waals surface area contributed by atoms with Crippen LogP contribution in [-0.4, -0.2) is 10.1 Å². The number of aromatic nitrogens is 1. The molecule has 0 saturated heterocycles. The van der Waals surface area contributed by atoms with E-state index in [0.717, 1.165) is 22.8 Å². The number of phenols is 1. The van der Waals surface area contributed by atoms with Crippen LogP contribution in [0.3, 0.4) is 0 Å². The average Bonchev–Trinajstić information content (AvgIpc) is 2.77. The minimum absolute atomic E-state index is 0.0170. The number of hydrogen-bond acceptors (Lipinski definition) is 3. The van der Waals surface area contributed by atoms with Crippen molar-refractivity contribution >= 4 is 5.69 Å². The van der Waals surface area contributed by atoms with Crippen molar-refractivity contribution < 1.29 is 18.3 Å². The summed E-state index contributed by atoms with van der Waals surface area (Å²) in [6.07, 6.45) is -3.30. The fourth-order valence-electron chi connectivity index (χ4n) is 4.39. The summed E-state index contributed by atoms with van der Waals surface area (Å²) in [5.41, 5.74) is 10.6. The van der Waals surface area contributed by atoms with Crippen LogP contribution in [0.1, 0.15) is 16.7 Å². The fraction of sp³-hybridized carbons (Fsp3) is 0.115. The van der Waals surface area contributed by atoms with Gasteiger partial charge in [0.15, 0.2) is 0 Å². The highest BCUT2D eigenvalue weighted by Crippen LogP contribution is 2.44. The molecular formula is C26H19F3N2O. The molecule has 1 aliphatic carbocycles. The Bertz CT molecular complexity index is 1350. The smallest absolute Gasteiger partial charge is 0.417 e. The van der Waals surface area contributed by atoms with Crippen LogP contribution in [0.25, 0.3) is 33.6 Å². The number of hydrogen-bond donors (Lipinski definition) is 2. The number of halogens is 3. The van der Waals surface area contributed by atoms with Gasteiger partial charge in [-0.25, -0.2) is 4.98 Å². The van der Waals surface area contributed by atoms with Crippen molar-refractivity contribution in [2.75, 3.05) is 5.73 Å². The van der Waals surface area contributed by atoms with E-state index in [1.807, 2.05) is 12.1 Å². The van der Waals surface area contributed by atoms with E-state index in [1.54, 1.807) is 36.4 Å². The quantitative estimate of drug-likeness (QED) is 0.356. The number of rotatable bonds is 2. The molecule has 1 aromatic heterocycles. The van der Waals surface area contributed by atoms with E-state index in [-0.39, 0.29) is 11.3 Å². The number of nitrogens with two attached hydrogens (primary N) is 1. The minimum Gasteiger partial charge on any atom is -0.507 e. The van der Waals surface area contributed by atoms with Crippen molar-refractivity contribution in [1.82, 2.24) is 4.98 Å². The Hall–Kier alpha value is -3.80. The molecule has 1 heterocycles. The van der Waals surface area contributed by atoms with Crippen LogP contribution in [0, 0.1) is 0 Å². The van der Waals surface area contributed by atoms with Gasteiger partial charge in [0.2, 0.25) is 0 Å². The van der Waals surface area contributed by atoms with Crippen molar-refractivity contribution in [1.29, 1.82) is 0 Å². The molecule has 32 heavy (non-hydrogen) atoms. The highest BCUT2D eigenvalue weighted by atomic mass is 19.4. The monoisotopic (exact) mass is 432 g/mol. The molecule has 0 bridgehead atoms. The van der Waals surface area contributed by atoms with Gasteiger partial charge in [-0.15, -0.1) is 0 Å². The third kappa shape index (κ3) is 3.38. The van der Waals surface area contributed by atoms with E-state index in [9.17, 15) is 18.3 Å². The zero-order valence-electron chi connectivity index (χ0n) is 16.9. The zero-order valence-corrected chi connectivity index (χ0v) is 16.9. The molecule has 3 aromatic carbocycles. The Morgan fingerprint density at radius 1 is 0.781 bits per heavy atom. The van der Waals surface area contributed by atoms with Crippen molar-refractivity contribution in [3.05, 3.63) is 89.5 Å². The number of alkyl halides is 3. The van der Waals surface area contributed by atoms with Crippen molar-refractivity contribution in [3.63, 3.8) is 0 Å². The highest BCUT2D eigenvalue weighted by molar-refractivity contribution is 5.85. The molecule has 1 aliphatic rings. The SMILES string of the molecule is Nc1ccc2c(c1)CCc1c(-c3ccccc3C(F)(F)F)cc(-c3ccccc3O)nc1-2. The molecule has 0 saturated carbocycles. The van der Waals surface area contributed by atoms with Crippen LogP contribution in [-0.2, 0) is 19.0 Å². The number of nitrogens with zero attached hydrogens (tertiary/aromatic N) is 1. The summed E-state index contributed by atoms with van der Waals surface area (Å²) in [5.74, 6) is 0.0170. The van der Waals surface area contributed by atoms with Crippen molar-refractivity contribution in [2.24, 2.45) is 0 Å². The first-order chi connectivity index (χ1) is 15.3. The molecular weight excluding hydrogens is 413 g/mol. The van der Waals surface area contributed by atoms with E-state index >= 15 is 0 Å². The maximum Gasteiger partial charge on any atom is 0.417 e. The number of aryl methyl sites for hydroxylation is 1. The fourth-order valence-corrected chi connectivity index (χ4v) is 4.39. The Labute approximate surface area is 183 Å². The summed E-state index contributed by atoms with van der Waals surface area (Å²) in [6.45, 7) is 0. The molecule has 160 valence electrons. The van der Waals surface area contributed by atoms with Crippen LogP contribution in [0.15, 0.2) is 72.8 Å². The van der Waals surface area contributed by atoms with Gasteiger partial charge in [-0.05, 0) is 71.5 Å². The summed E-state index contributed by atoms with van der Waals surface area (Å²) >= 11 is 0. The largest absolute Gasteiger partial charge is 0.507 e. The van der Waals surface area contributed by atoms with E-state index < -0.39 is 11.7 Å². The molecule has 0 unspecified atom stereocenters. The molecule has 6 heteroatoms. The first kappa shape index (κ1) is 20.1. The number of phenolic OH excluding ortho intramolecular Hbond substituents is 1. The van der Waals surface area contributed by atoms with Gasteiger partial charge >= 0.3 is 6.18 Å². The number of benzene rings is 3. The summed E-state index contributed by atoms with van der Waals surface area (Å²) in [6, 6.07) is 19.4. The third-order valence-corrected chi connectivity index (χ3v) is 5.86.